The van der Waals surface area contributed by atoms with Crippen LogP contribution >= 0.6 is 11.3 Å². The number of hydrogen-bond acceptors (Lipinski definition) is 8. The normalized spacial score (nSPS) is 14.9. The molecule has 0 radical (unpaired) electrons. The monoisotopic (exact) mass is 486 g/mol. The highest BCUT2D eigenvalue weighted by Gasteiger charge is 2.32. The van der Waals surface area contributed by atoms with E-state index in [1.807, 2.05) is 0 Å². The smallest absolute Gasteiger partial charge is 0.394 e. The lowest BCUT2D eigenvalue weighted by Gasteiger charge is -2.24. The number of aromatic amines is 1. The van der Waals surface area contributed by atoms with Crippen LogP contribution in [-0.2, 0) is 20.7 Å². The second-order valence-corrected chi connectivity index (χ2v) is 8.60. The Morgan fingerprint density at radius 2 is 2.03 bits per heavy atom. The van der Waals surface area contributed by atoms with Crippen molar-refractivity contribution < 1.29 is 34.1 Å². The van der Waals surface area contributed by atoms with Crippen LogP contribution in [0, 0.1) is 0 Å². The Bertz CT molecular complexity index is 1300. The Hall–Kier alpha value is -3.90. The summed E-state index contributed by atoms with van der Waals surface area (Å²) in [6.45, 7) is 2.46. The van der Waals surface area contributed by atoms with Gasteiger partial charge in [-0.1, -0.05) is 0 Å². The molecule has 1 aliphatic heterocycles. The fourth-order valence-corrected chi connectivity index (χ4v) is 5.15. The van der Waals surface area contributed by atoms with Gasteiger partial charge in [0, 0.05) is 22.3 Å². The zero-order valence-corrected chi connectivity index (χ0v) is 18.9. The van der Waals surface area contributed by atoms with Crippen LogP contribution in [0.1, 0.15) is 44.3 Å². The summed E-state index contributed by atoms with van der Waals surface area (Å²) in [6.07, 6.45) is 0.471. The van der Waals surface area contributed by atoms with Gasteiger partial charge in [-0.25, -0.2) is 9.59 Å². The second-order valence-electron chi connectivity index (χ2n) is 7.55. The predicted molar refractivity (Wildman–Crippen MR) is 123 cm³/mol. The van der Waals surface area contributed by atoms with E-state index in [-0.39, 0.29) is 41.4 Å². The molecule has 0 aliphatic carbocycles. The van der Waals surface area contributed by atoms with E-state index in [2.05, 4.69) is 20.9 Å². The van der Waals surface area contributed by atoms with E-state index in [0.717, 1.165) is 11.3 Å². The van der Waals surface area contributed by atoms with Crippen molar-refractivity contribution in [2.75, 3.05) is 25.0 Å². The van der Waals surface area contributed by atoms with E-state index < -0.39 is 17.8 Å². The Kier molecular flexibility index (Phi) is 6.52. The maximum absolute atomic E-state index is 12.7. The van der Waals surface area contributed by atoms with E-state index in [0.29, 0.717) is 40.0 Å². The van der Waals surface area contributed by atoms with E-state index >= 15 is 0 Å². The van der Waals surface area contributed by atoms with Crippen molar-refractivity contribution >= 4 is 51.0 Å². The molecule has 2 aromatic heterocycles. The molecule has 0 fully saturated rings. The number of ether oxygens (including phenoxy) is 1. The number of carboxylic acid groups (broad SMARTS) is 1. The molecule has 4 rings (SSSR count). The van der Waals surface area contributed by atoms with Crippen LogP contribution in [0.2, 0.25) is 0 Å². The van der Waals surface area contributed by atoms with Gasteiger partial charge in [0.1, 0.15) is 16.4 Å². The molecular formula is C22H22N4O7S. The van der Waals surface area contributed by atoms with Gasteiger partial charge in [0.15, 0.2) is 0 Å². The number of nitrogens with one attached hydrogen (secondary N) is 4. The molecule has 11 nitrogen and oxygen atoms in total. The Morgan fingerprint density at radius 1 is 1.24 bits per heavy atom. The zero-order valence-electron chi connectivity index (χ0n) is 18.1. The molecule has 1 aromatic carbocycles. The first-order valence-electron chi connectivity index (χ1n) is 10.5. The molecule has 0 saturated carbocycles. The van der Waals surface area contributed by atoms with Crippen LogP contribution in [0.5, 0.6) is 5.75 Å². The van der Waals surface area contributed by atoms with Gasteiger partial charge in [0.25, 0.3) is 5.91 Å². The molecule has 2 amide bonds. The highest BCUT2D eigenvalue weighted by Crippen LogP contribution is 2.40. The van der Waals surface area contributed by atoms with Crippen molar-refractivity contribution in [3.05, 3.63) is 46.0 Å². The highest BCUT2D eigenvalue weighted by molar-refractivity contribution is 7.17. The van der Waals surface area contributed by atoms with E-state index in [4.69, 9.17) is 9.84 Å². The molecule has 0 bridgehead atoms. The number of amides is 2. The quantitative estimate of drug-likeness (QED) is 0.226. The summed E-state index contributed by atoms with van der Waals surface area (Å²) >= 11 is 1.08. The molecule has 3 aromatic rings. The number of anilines is 1. The number of benzene rings is 1. The summed E-state index contributed by atoms with van der Waals surface area (Å²) in [7, 11) is 0. The van der Waals surface area contributed by atoms with Gasteiger partial charge < -0.3 is 35.9 Å². The van der Waals surface area contributed by atoms with Crippen LogP contribution in [0.4, 0.5) is 5.00 Å². The number of aromatic hydroxyl groups is 1. The van der Waals surface area contributed by atoms with Crippen molar-refractivity contribution in [1.82, 2.24) is 15.6 Å². The molecule has 1 atom stereocenters. The number of phenolic OH excluding ortho intramolecular Hbond substituents is 1. The second kappa shape index (κ2) is 9.53. The number of aromatic nitrogens is 1. The SMILES string of the molecule is CCOC(=O)c1c(NC(=O)C(=O)O)sc2c1CCNC2CNC(=O)c1cc2cc(O)ccc2[nH]1. The molecule has 6 N–H and O–H groups in total. The number of phenols is 1. The molecule has 0 spiro atoms. The molecule has 178 valence electrons. The Morgan fingerprint density at radius 3 is 2.76 bits per heavy atom. The minimum Gasteiger partial charge on any atom is -0.508 e. The largest absolute Gasteiger partial charge is 0.508 e. The van der Waals surface area contributed by atoms with Crippen molar-refractivity contribution in [2.24, 2.45) is 0 Å². The number of esters is 1. The third-order valence-electron chi connectivity index (χ3n) is 5.34. The lowest BCUT2D eigenvalue weighted by molar-refractivity contribution is -0.147. The maximum atomic E-state index is 12.7. The summed E-state index contributed by atoms with van der Waals surface area (Å²) in [5.74, 6) is -3.84. The van der Waals surface area contributed by atoms with Gasteiger partial charge in [-0.2, -0.15) is 0 Å². The van der Waals surface area contributed by atoms with E-state index in [9.17, 15) is 24.3 Å². The molecule has 0 saturated heterocycles. The number of aliphatic carboxylic acids is 1. The predicted octanol–water partition coefficient (Wildman–Crippen LogP) is 1.75. The number of H-pyrrole nitrogens is 1. The minimum atomic E-state index is -1.67. The fraction of sp³-hybridized carbons (Fsp3) is 0.273. The molecular weight excluding hydrogens is 464 g/mol. The molecule has 34 heavy (non-hydrogen) atoms. The number of carboxylic acids is 1. The van der Waals surface area contributed by atoms with Gasteiger partial charge >= 0.3 is 17.8 Å². The number of carbonyl (C=O) groups is 4. The van der Waals surface area contributed by atoms with Gasteiger partial charge in [-0.05, 0) is 49.7 Å². The first-order chi connectivity index (χ1) is 16.3. The van der Waals surface area contributed by atoms with Crippen molar-refractivity contribution in [3.63, 3.8) is 0 Å². The minimum absolute atomic E-state index is 0.0956. The lowest BCUT2D eigenvalue weighted by Crippen LogP contribution is -2.38. The third kappa shape index (κ3) is 4.58. The fourth-order valence-electron chi connectivity index (χ4n) is 3.84. The molecule has 1 unspecified atom stereocenters. The summed E-state index contributed by atoms with van der Waals surface area (Å²) in [5.41, 5.74) is 1.83. The van der Waals surface area contributed by atoms with Gasteiger partial charge in [-0.15, -0.1) is 11.3 Å². The van der Waals surface area contributed by atoms with Crippen LogP contribution in [0.25, 0.3) is 10.9 Å². The van der Waals surface area contributed by atoms with Gasteiger partial charge in [0.05, 0.1) is 18.2 Å². The topological polar surface area (TPSA) is 170 Å². The van der Waals surface area contributed by atoms with Crippen LogP contribution in [0.15, 0.2) is 24.3 Å². The van der Waals surface area contributed by atoms with Crippen molar-refractivity contribution in [2.45, 2.75) is 19.4 Å². The van der Waals surface area contributed by atoms with Gasteiger partial charge in [0.2, 0.25) is 0 Å². The van der Waals surface area contributed by atoms with Gasteiger partial charge in [-0.3, -0.25) is 9.59 Å². The average molecular weight is 487 g/mol. The van der Waals surface area contributed by atoms with Crippen LogP contribution in [-0.4, -0.2) is 58.6 Å². The Labute approximate surface area is 197 Å². The van der Waals surface area contributed by atoms with Crippen LogP contribution < -0.4 is 16.0 Å². The zero-order chi connectivity index (χ0) is 24.4. The number of hydrogen-bond donors (Lipinski definition) is 6. The summed E-state index contributed by atoms with van der Waals surface area (Å²) < 4.78 is 5.12. The van der Waals surface area contributed by atoms with Crippen LogP contribution in [0.3, 0.4) is 0 Å². The Balaban J connectivity index is 1.56. The number of fused-ring (bicyclic) bond motifs is 2. The van der Waals surface area contributed by atoms with Crippen molar-refractivity contribution in [3.8, 4) is 5.75 Å². The average Bonchev–Trinajstić information content (AvgIpc) is 3.38. The van der Waals surface area contributed by atoms with E-state index in [1.165, 1.54) is 6.07 Å². The number of rotatable bonds is 6. The first-order valence-corrected chi connectivity index (χ1v) is 11.3. The number of thiophene rings is 1. The molecule has 1 aliphatic rings. The third-order valence-corrected chi connectivity index (χ3v) is 6.60. The summed E-state index contributed by atoms with van der Waals surface area (Å²) in [6, 6.07) is 6.01. The summed E-state index contributed by atoms with van der Waals surface area (Å²) in [5, 5.41) is 27.8. The first kappa shape index (κ1) is 23.3. The molecule has 12 heteroatoms. The molecule has 3 heterocycles. The van der Waals surface area contributed by atoms with E-state index in [1.54, 1.807) is 25.1 Å². The highest BCUT2D eigenvalue weighted by atomic mass is 32.1. The van der Waals surface area contributed by atoms with Crippen molar-refractivity contribution in [1.29, 1.82) is 0 Å². The maximum Gasteiger partial charge on any atom is 0.394 e. The summed E-state index contributed by atoms with van der Waals surface area (Å²) in [4.78, 5) is 51.8. The lowest BCUT2D eigenvalue weighted by atomic mass is 9.99. The standard InChI is InChI=1S/C22H22N4O7S/c1-2-33-22(32)16-12-5-6-23-15(17(12)34-20(16)26-19(29)21(30)31)9-24-18(28)14-8-10-7-11(27)3-4-13(10)25-14/h3-4,7-8,15,23,25,27H,2,5-6,9H2,1H3,(H,24,28)(H,26,29)(H,30,31). The number of carbonyl (C=O) groups excluding carboxylic acids is 3.